The van der Waals surface area contributed by atoms with Crippen LogP contribution in [0.15, 0.2) is 66.9 Å². The quantitative estimate of drug-likeness (QED) is 0.783. The summed E-state index contributed by atoms with van der Waals surface area (Å²) in [6.45, 7) is 0. The van der Waals surface area contributed by atoms with E-state index in [0.717, 1.165) is 16.9 Å². The van der Waals surface area contributed by atoms with Gasteiger partial charge in [0.05, 0.1) is 0 Å². The number of nitrogens with zero attached hydrogens (tertiary/aromatic N) is 2. The van der Waals surface area contributed by atoms with E-state index in [1.807, 2.05) is 42.5 Å². The van der Waals surface area contributed by atoms with Crippen LogP contribution in [0, 0.1) is 0 Å². The lowest BCUT2D eigenvalue weighted by atomic mass is 10.1. The van der Waals surface area contributed by atoms with Gasteiger partial charge in [-0.1, -0.05) is 48.5 Å². The largest absolute Gasteiger partial charge is 0.438 e. The highest BCUT2D eigenvalue weighted by molar-refractivity contribution is 5.70. The van der Waals surface area contributed by atoms with Crippen molar-refractivity contribution >= 4 is 5.95 Å². The Balaban J connectivity index is 1.96. The average molecular weight is 277 g/mol. The predicted octanol–water partition coefficient (Wildman–Crippen LogP) is 3.98. The number of hydrogen-bond donors (Lipinski definition) is 1. The number of hydrogen-bond acceptors (Lipinski definition) is 4. The first-order valence-electron chi connectivity index (χ1n) is 6.70. The zero-order chi connectivity index (χ0) is 14.5. The Bertz CT molecular complexity index is 729. The van der Waals surface area contributed by atoms with Gasteiger partial charge in [-0.3, -0.25) is 0 Å². The molecular formula is C17H15N3O. The van der Waals surface area contributed by atoms with Gasteiger partial charge in [-0.15, -0.1) is 0 Å². The van der Waals surface area contributed by atoms with Crippen molar-refractivity contribution in [3.05, 3.63) is 66.9 Å². The van der Waals surface area contributed by atoms with E-state index in [4.69, 9.17) is 4.74 Å². The fourth-order valence-corrected chi connectivity index (χ4v) is 2.04. The van der Waals surface area contributed by atoms with E-state index < -0.39 is 0 Å². The van der Waals surface area contributed by atoms with Crippen LogP contribution in [-0.2, 0) is 0 Å². The zero-order valence-corrected chi connectivity index (χ0v) is 11.7. The smallest absolute Gasteiger partial charge is 0.225 e. The van der Waals surface area contributed by atoms with Crippen LogP contribution in [0.4, 0.5) is 5.95 Å². The van der Waals surface area contributed by atoms with Gasteiger partial charge in [-0.2, -0.15) is 4.98 Å². The first kappa shape index (κ1) is 13.1. The Hall–Kier alpha value is -2.88. The predicted molar refractivity (Wildman–Crippen MR) is 83.5 cm³/mol. The van der Waals surface area contributed by atoms with Gasteiger partial charge in [-0.25, -0.2) is 4.98 Å². The molecule has 21 heavy (non-hydrogen) atoms. The number of benzene rings is 2. The normalized spacial score (nSPS) is 10.1. The van der Waals surface area contributed by atoms with Gasteiger partial charge in [0.15, 0.2) is 0 Å². The third-order valence-electron chi connectivity index (χ3n) is 3.04. The third kappa shape index (κ3) is 3.00. The summed E-state index contributed by atoms with van der Waals surface area (Å²) in [6, 6.07) is 19.8. The molecule has 0 fully saturated rings. The summed E-state index contributed by atoms with van der Waals surface area (Å²) in [4.78, 5) is 8.35. The molecule has 1 N–H and O–H groups in total. The topological polar surface area (TPSA) is 47.0 Å². The van der Waals surface area contributed by atoms with E-state index in [-0.39, 0.29) is 0 Å². The number of ether oxygens (including phenoxy) is 1. The van der Waals surface area contributed by atoms with E-state index in [1.165, 1.54) is 0 Å². The zero-order valence-electron chi connectivity index (χ0n) is 11.7. The molecule has 0 aliphatic carbocycles. The fourth-order valence-electron chi connectivity index (χ4n) is 2.04. The van der Waals surface area contributed by atoms with Crippen LogP contribution in [0.3, 0.4) is 0 Å². The Morgan fingerprint density at radius 3 is 2.48 bits per heavy atom. The molecule has 0 atom stereocenters. The summed E-state index contributed by atoms with van der Waals surface area (Å²) in [5.41, 5.74) is 2.14. The molecule has 0 aliphatic heterocycles. The summed E-state index contributed by atoms with van der Waals surface area (Å²) in [5, 5.41) is 2.90. The molecule has 1 heterocycles. The van der Waals surface area contributed by atoms with Gasteiger partial charge >= 0.3 is 0 Å². The molecular weight excluding hydrogens is 262 g/mol. The molecule has 4 nitrogen and oxygen atoms in total. The van der Waals surface area contributed by atoms with Gasteiger partial charge < -0.3 is 10.1 Å². The first-order chi connectivity index (χ1) is 10.4. The van der Waals surface area contributed by atoms with Gasteiger partial charge in [-0.05, 0) is 11.6 Å². The van der Waals surface area contributed by atoms with E-state index in [1.54, 1.807) is 19.3 Å². The van der Waals surface area contributed by atoms with Crippen LogP contribution < -0.4 is 10.1 Å². The van der Waals surface area contributed by atoms with E-state index in [9.17, 15) is 0 Å². The molecule has 0 unspecified atom stereocenters. The molecule has 0 bridgehead atoms. The minimum Gasteiger partial charge on any atom is -0.438 e. The Morgan fingerprint density at radius 2 is 1.67 bits per heavy atom. The van der Waals surface area contributed by atoms with Crippen molar-refractivity contribution in [2.24, 2.45) is 0 Å². The molecule has 0 spiro atoms. The van der Waals surface area contributed by atoms with Crippen molar-refractivity contribution in [2.75, 3.05) is 12.4 Å². The second-order valence-electron chi connectivity index (χ2n) is 4.43. The standard InChI is InChI=1S/C17H15N3O/c1-18-17-19-12-11-16(20-17)21-15-10-6-5-9-14(15)13-7-3-2-4-8-13/h2-12H,1H3,(H,18,19,20). The highest BCUT2D eigenvalue weighted by atomic mass is 16.5. The van der Waals surface area contributed by atoms with Gasteiger partial charge in [0, 0.05) is 24.9 Å². The average Bonchev–Trinajstić information content (AvgIpc) is 2.56. The summed E-state index contributed by atoms with van der Waals surface area (Å²) in [6.07, 6.45) is 1.67. The van der Waals surface area contributed by atoms with Crippen LogP contribution in [0.25, 0.3) is 11.1 Å². The second-order valence-corrected chi connectivity index (χ2v) is 4.43. The highest BCUT2D eigenvalue weighted by Crippen LogP contribution is 2.32. The van der Waals surface area contributed by atoms with E-state index in [2.05, 4.69) is 27.4 Å². The van der Waals surface area contributed by atoms with Crippen molar-refractivity contribution in [1.82, 2.24) is 9.97 Å². The second kappa shape index (κ2) is 6.05. The lowest BCUT2D eigenvalue weighted by molar-refractivity contribution is 0.464. The SMILES string of the molecule is CNc1nccc(Oc2ccccc2-c2ccccc2)n1. The fraction of sp³-hybridized carbons (Fsp3) is 0.0588. The Kier molecular flexibility index (Phi) is 3.78. The molecule has 104 valence electrons. The van der Waals surface area contributed by atoms with Crippen molar-refractivity contribution in [2.45, 2.75) is 0 Å². The molecule has 0 saturated heterocycles. The molecule has 0 saturated carbocycles. The molecule has 0 radical (unpaired) electrons. The van der Waals surface area contributed by atoms with Crippen LogP contribution >= 0.6 is 0 Å². The minimum atomic E-state index is 0.512. The summed E-state index contributed by atoms with van der Waals surface area (Å²) < 4.78 is 5.92. The molecule has 2 aromatic carbocycles. The third-order valence-corrected chi connectivity index (χ3v) is 3.04. The number of aromatic nitrogens is 2. The molecule has 3 rings (SSSR count). The molecule has 3 aromatic rings. The van der Waals surface area contributed by atoms with Gasteiger partial charge in [0.1, 0.15) is 5.75 Å². The van der Waals surface area contributed by atoms with E-state index in [0.29, 0.717) is 11.8 Å². The van der Waals surface area contributed by atoms with Crippen LogP contribution in [0.2, 0.25) is 0 Å². The highest BCUT2D eigenvalue weighted by Gasteiger charge is 2.07. The maximum absolute atomic E-state index is 5.92. The van der Waals surface area contributed by atoms with Crippen LogP contribution in [-0.4, -0.2) is 17.0 Å². The molecule has 1 aromatic heterocycles. The van der Waals surface area contributed by atoms with Crippen LogP contribution in [0.1, 0.15) is 0 Å². The first-order valence-corrected chi connectivity index (χ1v) is 6.70. The lowest BCUT2D eigenvalue weighted by Gasteiger charge is -2.11. The number of para-hydroxylation sites is 1. The van der Waals surface area contributed by atoms with Crippen molar-refractivity contribution in [3.63, 3.8) is 0 Å². The van der Waals surface area contributed by atoms with Gasteiger partial charge in [0.2, 0.25) is 11.8 Å². The van der Waals surface area contributed by atoms with Crippen LogP contribution in [0.5, 0.6) is 11.6 Å². The van der Waals surface area contributed by atoms with Gasteiger partial charge in [0.25, 0.3) is 0 Å². The summed E-state index contributed by atoms with van der Waals surface area (Å²) in [5.74, 6) is 1.81. The number of rotatable bonds is 4. The molecule has 0 aliphatic rings. The maximum atomic E-state index is 5.92. The number of nitrogens with one attached hydrogen (secondary N) is 1. The Morgan fingerprint density at radius 1 is 0.905 bits per heavy atom. The minimum absolute atomic E-state index is 0.512. The van der Waals surface area contributed by atoms with Crippen molar-refractivity contribution in [3.8, 4) is 22.8 Å². The maximum Gasteiger partial charge on any atom is 0.225 e. The Labute approximate surface area is 123 Å². The lowest BCUT2D eigenvalue weighted by Crippen LogP contribution is -1.97. The van der Waals surface area contributed by atoms with E-state index >= 15 is 0 Å². The molecule has 4 heteroatoms. The number of anilines is 1. The van der Waals surface area contributed by atoms with Crippen molar-refractivity contribution < 1.29 is 4.74 Å². The molecule has 0 amide bonds. The monoisotopic (exact) mass is 277 g/mol. The summed E-state index contributed by atoms with van der Waals surface area (Å²) >= 11 is 0. The summed E-state index contributed by atoms with van der Waals surface area (Å²) in [7, 11) is 1.77. The van der Waals surface area contributed by atoms with Crippen molar-refractivity contribution in [1.29, 1.82) is 0 Å².